The van der Waals surface area contributed by atoms with Gasteiger partial charge in [-0.05, 0) is 82.6 Å². The molecule has 3 aromatic rings. The van der Waals surface area contributed by atoms with E-state index in [0.29, 0.717) is 36.7 Å². The maximum absolute atomic E-state index is 12.4. The van der Waals surface area contributed by atoms with Crippen LogP contribution in [0.25, 0.3) is 6.08 Å². The SMILES string of the molecule is Cc1c(Cl)cccc1N=C1NC(=O)/C(=C/c2cc(Br)c(Sc3ccc(Cl)cc3)o2)S1. The average molecular weight is 540 g/mol. The Bertz CT molecular complexity index is 1190. The molecule has 0 saturated carbocycles. The van der Waals surface area contributed by atoms with Crippen molar-refractivity contribution < 1.29 is 9.21 Å². The summed E-state index contributed by atoms with van der Waals surface area (Å²) < 4.78 is 6.71. The number of nitrogens with zero attached hydrogens (tertiary/aromatic N) is 1. The van der Waals surface area contributed by atoms with Crippen LogP contribution in [0.2, 0.25) is 10.0 Å². The lowest BCUT2D eigenvalue weighted by atomic mass is 10.2. The van der Waals surface area contributed by atoms with Gasteiger partial charge >= 0.3 is 0 Å². The minimum Gasteiger partial charge on any atom is -0.449 e. The van der Waals surface area contributed by atoms with Gasteiger partial charge in [-0.1, -0.05) is 41.0 Å². The van der Waals surface area contributed by atoms with Crippen molar-refractivity contribution in [2.24, 2.45) is 4.99 Å². The predicted octanol–water partition coefficient (Wildman–Crippen LogP) is 7.70. The molecule has 0 bridgehead atoms. The van der Waals surface area contributed by atoms with Crippen LogP contribution < -0.4 is 5.32 Å². The normalized spacial score (nSPS) is 16.5. The van der Waals surface area contributed by atoms with E-state index < -0.39 is 0 Å². The van der Waals surface area contributed by atoms with E-state index >= 15 is 0 Å². The van der Waals surface area contributed by atoms with Gasteiger partial charge < -0.3 is 9.73 Å². The van der Waals surface area contributed by atoms with Crippen molar-refractivity contribution in [1.82, 2.24) is 5.32 Å². The van der Waals surface area contributed by atoms with Gasteiger partial charge in [-0.2, -0.15) is 0 Å². The van der Waals surface area contributed by atoms with Crippen LogP contribution in [0, 0.1) is 6.92 Å². The summed E-state index contributed by atoms with van der Waals surface area (Å²) in [4.78, 5) is 18.4. The van der Waals surface area contributed by atoms with Crippen LogP contribution in [0.5, 0.6) is 0 Å². The third kappa shape index (κ3) is 4.98. The Hall–Kier alpha value is -1.64. The fourth-order valence-electron chi connectivity index (χ4n) is 2.56. The molecule has 1 aliphatic rings. The summed E-state index contributed by atoms with van der Waals surface area (Å²) in [6, 6.07) is 14.8. The van der Waals surface area contributed by atoms with Gasteiger partial charge in [0.2, 0.25) is 0 Å². The van der Waals surface area contributed by atoms with Gasteiger partial charge in [0.25, 0.3) is 5.91 Å². The molecular weight excluding hydrogens is 527 g/mol. The highest BCUT2D eigenvalue weighted by Gasteiger charge is 2.25. The smallest absolute Gasteiger partial charge is 0.264 e. The third-order valence-electron chi connectivity index (χ3n) is 4.08. The Morgan fingerprint density at radius 3 is 2.73 bits per heavy atom. The second-order valence-corrected chi connectivity index (χ2v) is 9.98. The number of carbonyl (C=O) groups is 1. The first kappa shape index (κ1) is 21.6. The van der Waals surface area contributed by atoms with Crippen molar-refractivity contribution in [3.05, 3.63) is 79.3 Å². The van der Waals surface area contributed by atoms with Gasteiger partial charge in [0.05, 0.1) is 15.1 Å². The molecule has 1 fully saturated rings. The number of hydrogen-bond donors (Lipinski definition) is 1. The van der Waals surface area contributed by atoms with E-state index in [9.17, 15) is 4.79 Å². The number of benzene rings is 2. The molecule has 0 aliphatic carbocycles. The molecule has 0 spiro atoms. The maximum atomic E-state index is 12.4. The molecule has 0 unspecified atom stereocenters. The van der Waals surface area contributed by atoms with E-state index in [1.165, 1.54) is 23.5 Å². The van der Waals surface area contributed by atoms with E-state index in [1.54, 1.807) is 12.1 Å². The van der Waals surface area contributed by atoms with Crippen molar-refractivity contribution in [3.63, 3.8) is 0 Å². The van der Waals surface area contributed by atoms with E-state index in [2.05, 4.69) is 26.2 Å². The molecule has 0 radical (unpaired) electrons. The van der Waals surface area contributed by atoms with Crippen LogP contribution in [-0.2, 0) is 4.79 Å². The molecule has 152 valence electrons. The van der Waals surface area contributed by atoms with Gasteiger partial charge in [0, 0.05) is 21.0 Å². The number of hydrogen-bond acceptors (Lipinski definition) is 5. The number of aliphatic imine (C=N–C) groups is 1. The number of furan rings is 1. The van der Waals surface area contributed by atoms with E-state index in [0.717, 1.165) is 14.9 Å². The lowest BCUT2D eigenvalue weighted by Crippen LogP contribution is -2.19. The molecular formula is C21H13BrCl2N2O2S2. The number of rotatable bonds is 4. The molecule has 2 heterocycles. The number of halogens is 3. The molecule has 1 aromatic heterocycles. The van der Waals surface area contributed by atoms with Crippen LogP contribution >= 0.6 is 62.7 Å². The van der Waals surface area contributed by atoms with Crippen molar-refractivity contribution in [1.29, 1.82) is 0 Å². The molecule has 9 heteroatoms. The fraction of sp³-hybridized carbons (Fsp3) is 0.0476. The number of amides is 1. The Balaban J connectivity index is 1.54. The molecule has 4 nitrogen and oxygen atoms in total. The summed E-state index contributed by atoms with van der Waals surface area (Å²) in [6.45, 7) is 1.89. The van der Waals surface area contributed by atoms with Gasteiger partial charge in [-0.3, -0.25) is 4.79 Å². The Morgan fingerprint density at radius 2 is 1.97 bits per heavy atom. The summed E-state index contributed by atoms with van der Waals surface area (Å²) >= 11 is 18.3. The lowest BCUT2D eigenvalue weighted by molar-refractivity contribution is -0.115. The minimum absolute atomic E-state index is 0.224. The molecule has 1 saturated heterocycles. The van der Waals surface area contributed by atoms with Gasteiger partial charge in [0.15, 0.2) is 10.3 Å². The number of nitrogens with one attached hydrogen (secondary N) is 1. The average Bonchev–Trinajstić information content (AvgIpc) is 3.23. The lowest BCUT2D eigenvalue weighted by Gasteiger charge is -2.02. The van der Waals surface area contributed by atoms with Gasteiger partial charge in [0.1, 0.15) is 5.76 Å². The molecule has 4 rings (SSSR count). The summed E-state index contributed by atoms with van der Waals surface area (Å²) in [6.07, 6.45) is 1.70. The Morgan fingerprint density at radius 1 is 1.20 bits per heavy atom. The van der Waals surface area contributed by atoms with Crippen LogP contribution in [0.4, 0.5) is 5.69 Å². The van der Waals surface area contributed by atoms with Gasteiger partial charge in [-0.25, -0.2) is 4.99 Å². The van der Waals surface area contributed by atoms with Crippen LogP contribution in [0.3, 0.4) is 0 Å². The Kier molecular flexibility index (Phi) is 6.65. The topological polar surface area (TPSA) is 54.6 Å². The van der Waals surface area contributed by atoms with Crippen molar-refractivity contribution in [2.75, 3.05) is 0 Å². The van der Waals surface area contributed by atoms with E-state index in [4.69, 9.17) is 27.6 Å². The van der Waals surface area contributed by atoms with E-state index in [1.807, 2.05) is 49.4 Å². The summed E-state index contributed by atoms with van der Waals surface area (Å²) in [5.74, 6) is 0.342. The Labute approximate surface area is 200 Å². The molecule has 1 amide bonds. The standard InChI is InChI=1S/C21H13BrCl2N2O2S2/c1-11-16(24)3-2-4-17(11)25-21-26-19(27)18(30-21)10-13-9-15(22)20(28-13)29-14-7-5-12(23)6-8-14/h2-10H,1H3,(H,25,26,27)/b18-10-. The second kappa shape index (κ2) is 9.24. The van der Waals surface area contributed by atoms with Crippen LogP contribution in [0.15, 0.2) is 77.3 Å². The third-order valence-corrected chi connectivity index (χ3v) is 7.50. The highest BCUT2D eigenvalue weighted by molar-refractivity contribution is 9.10. The second-order valence-electron chi connectivity index (χ2n) is 6.21. The number of thioether (sulfide) groups is 1. The van der Waals surface area contributed by atoms with E-state index in [-0.39, 0.29) is 5.91 Å². The largest absolute Gasteiger partial charge is 0.449 e. The van der Waals surface area contributed by atoms with Crippen LogP contribution in [0.1, 0.15) is 11.3 Å². The zero-order valence-electron chi connectivity index (χ0n) is 15.4. The quantitative estimate of drug-likeness (QED) is 0.345. The van der Waals surface area contributed by atoms with Crippen molar-refractivity contribution in [3.8, 4) is 0 Å². The van der Waals surface area contributed by atoms with Crippen molar-refractivity contribution in [2.45, 2.75) is 16.9 Å². The van der Waals surface area contributed by atoms with Crippen molar-refractivity contribution >= 4 is 85.5 Å². The first-order valence-corrected chi connectivity index (χ1v) is 11.8. The number of amidine groups is 1. The first-order valence-electron chi connectivity index (χ1n) is 8.66. The molecule has 0 atom stereocenters. The fourth-order valence-corrected chi connectivity index (χ4v) is 5.00. The molecule has 1 N–H and O–H groups in total. The zero-order chi connectivity index (χ0) is 21.3. The minimum atomic E-state index is -0.224. The summed E-state index contributed by atoms with van der Waals surface area (Å²) in [5.41, 5.74) is 1.58. The monoisotopic (exact) mass is 538 g/mol. The zero-order valence-corrected chi connectivity index (χ0v) is 20.1. The maximum Gasteiger partial charge on any atom is 0.264 e. The summed E-state index contributed by atoms with van der Waals surface area (Å²) in [5, 5.41) is 5.28. The highest BCUT2D eigenvalue weighted by Crippen LogP contribution is 2.38. The molecule has 30 heavy (non-hydrogen) atoms. The summed E-state index contributed by atoms with van der Waals surface area (Å²) in [7, 11) is 0. The highest BCUT2D eigenvalue weighted by atomic mass is 79.9. The number of carbonyl (C=O) groups excluding carboxylic acids is 1. The van der Waals surface area contributed by atoms with Gasteiger partial charge in [-0.15, -0.1) is 0 Å². The molecule has 2 aromatic carbocycles. The first-order chi connectivity index (χ1) is 14.4. The van der Waals surface area contributed by atoms with Crippen LogP contribution in [-0.4, -0.2) is 11.1 Å². The molecule has 1 aliphatic heterocycles. The predicted molar refractivity (Wildman–Crippen MR) is 129 cm³/mol.